The molecule has 11 heavy (non-hydrogen) atoms. The van der Waals surface area contributed by atoms with E-state index in [0.717, 1.165) is 6.42 Å². The zero-order valence-electron chi connectivity index (χ0n) is 7.43. The second-order valence-electron chi connectivity index (χ2n) is 3.02. The molecule has 0 amide bonds. The number of rotatable bonds is 3. The van der Waals surface area contributed by atoms with E-state index in [1.165, 1.54) is 18.4 Å². The van der Waals surface area contributed by atoms with Crippen molar-refractivity contribution in [1.82, 2.24) is 5.32 Å². The quantitative estimate of drug-likeness (QED) is 0.652. The van der Waals surface area contributed by atoms with Gasteiger partial charge in [0.2, 0.25) is 0 Å². The van der Waals surface area contributed by atoms with Gasteiger partial charge in [0.25, 0.3) is 0 Å². The van der Waals surface area contributed by atoms with Gasteiger partial charge in [-0.25, -0.2) is 0 Å². The van der Waals surface area contributed by atoms with E-state index < -0.39 is 0 Å². The molecule has 0 aromatic heterocycles. The molecule has 62 valence electrons. The fourth-order valence-electron chi connectivity index (χ4n) is 1.35. The molecule has 0 radical (unpaired) electrons. The first-order chi connectivity index (χ1) is 5.36. The molecule has 0 spiro atoms. The molecule has 0 aliphatic heterocycles. The Morgan fingerprint density at radius 3 is 2.91 bits per heavy atom. The van der Waals surface area contributed by atoms with Crippen molar-refractivity contribution in [3.05, 3.63) is 23.8 Å². The topological polar surface area (TPSA) is 12.0 Å². The van der Waals surface area contributed by atoms with Gasteiger partial charge < -0.3 is 5.32 Å². The van der Waals surface area contributed by atoms with Gasteiger partial charge in [-0.2, -0.15) is 0 Å². The first-order valence-electron chi connectivity index (χ1n) is 4.41. The molecule has 0 bridgehead atoms. The molecule has 1 nitrogen and oxygen atoms in total. The van der Waals surface area contributed by atoms with Crippen molar-refractivity contribution < 1.29 is 0 Å². The summed E-state index contributed by atoms with van der Waals surface area (Å²) in [6.07, 6.45) is 10.5. The van der Waals surface area contributed by atoms with Crippen molar-refractivity contribution in [1.29, 1.82) is 0 Å². The Morgan fingerprint density at radius 1 is 1.64 bits per heavy atom. The van der Waals surface area contributed by atoms with Crippen LogP contribution in [0.15, 0.2) is 23.8 Å². The molecule has 1 atom stereocenters. The molecule has 0 saturated heterocycles. The van der Waals surface area contributed by atoms with Gasteiger partial charge in [0.15, 0.2) is 0 Å². The summed E-state index contributed by atoms with van der Waals surface area (Å²) in [5.41, 5.74) is 1.50. The molecular weight excluding hydrogens is 134 g/mol. The Hall–Kier alpha value is -0.560. The largest absolute Gasteiger partial charge is 0.313 e. The predicted octanol–water partition coefficient (Wildman–Crippen LogP) is 2.26. The van der Waals surface area contributed by atoms with Gasteiger partial charge in [0.05, 0.1) is 0 Å². The summed E-state index contributed by atoms with van der Waals surface area (Å²) in [6, 6.07) is 0.565. The lowest BCUT2D eigenvalue weighted by Gasteiger charge is -2.14. The first-order valence-corrected chi connectivity index (χ1v) is 4.41. The fraction of sp³-hybridized carbons (Fsp3) is 0.600. The van der Waals surface area contributed by atoms with Crippen molar-refractivity contribution in [3.8, 4) is 0 Å². The van der Waals surface area contributed by atoms with Crippen LogP contribution in [0.5, 0.6) is 0 Å². The van der Waals surface area contributed by atoms with E-state index in [-0.39, 0.29) is 0 Å². The Labute approximate surface area is 69.2 Å². The van der Waals surface area contributed by atoms with Crippen LogP contribution in [0.25, 0.3) is 0 Å². The SMILES string of the molecule is CCCC1=CC[C@@H](NC)C=C1. The van der Waals surface area contributed by atoms with Crippen LogP contribution in [0.3, 0.4) is 0 Å². The van der Waals surface area contributed by atoms with Crippen molar-refractivity contribution >= 4 is 0 Å². The molecule has 1 aliphatic carbocycles. The van der Waals surface area contributed by atoms with E-state index in [9.17, 15) is 0 Å². The minimum Gasteiger partial charge on any atom is -0.313 e. The van der Waals surface area contributed by atoms with Gasteiger partial charge in [0, 0.05) is 6.04 Å². The monoisotopic (exact) mass is 151 g/mol. The van der Waals surface area contributed by atoms with Crippen LogP contribution in [-0.4, -0.2) is 13.1 Å². The van der Waals surface area contributed by atoms with Gasteiger partial charge >= 0.3 is 0 Å². The predicted molar refractivity (Wildman–Crippen MR) is 49.6 cm³/mol. The average Bonchev–Trinajstić information content (AvgIpc) is 2.07. The normalized spacial score (nSPS) is 23.5. The molecule has 1 heteroatoms. The van der Waals surface area contributed by atoms with Crippen LogP contribution < -0.4 is 5.32 Å². The third-order valence-electron chi connectivity index (χ3n) is 2.09. The number of likely N-dealkylation sites (N-methyl/N-ethyl adjacent to an activating group) is 1. The summed E-state index contributed by atoms with van der Waals surface area (Å²) < 4.78 is 0. The van der Waals surface area contributed by atoms with Crippen LogP contribution in [0.4, 0.5) is 0 Å². The molecule has 0 unspecified atom stereocenters. The molecule has 0 heterocycles. The Kier molecular flexibility index (Phi) is 3.37. The van der Waals surface area contributed by atoms with Gasteiger partial charge in [0.1, 0.15) is 0 Å². The second-order valence-corrected chi connectivity index (χ2v) is 3.02. The van der Waals surface area contributed by atoms with Crippen LogP contribution in [0.1, 0.15) is 26.2 Å². The van der Waals surface area contributed by atoms with E-state index in [1.807, 2.05) is 7.05 Å². The minimum atomic E-state index is 0.565. The van der Waals surface area contributed by atoms with E-state index in [0.29, 0.717) is 6.04 Å². The minimum absolute atomic E-state index is 0.565. The molecule has 1 aliphatic rings. The Morgan fingerprint density at radius 2 is 2.45 bits per heavy atom. The number of hydrogen-bond donors (Lipinski definition) is 1. The number of allylic oxidation sites excluding steroid dienone is 2. The smallest absolute Gasteiger partial charge is 0.0285 e. The summed E-state index contributed by atoms with van der Waals surface area (Å²) in [4.78, 5) is 0. The third kappa shape index (κ3) is 2.51. The van der Waals surface area contributed by atoms with E-state index >= 15 is 0 Å². The molecule has 1 rings (SSSR count). The second kappa shape index (κ2) is 4.35. The highest BCUT2D eigenvalue weighted by Gasteiger charge is 2.04. The van der Waals surface area contributed by atoms with E-state index in [4.69, 9.17) is 0 Å². The highest BCUT2D eigenvalue weighted by atomic mass is 14.9. The lowest BCUT2D eigenvalue weighted by atomic mass is 10.0. The summed E-state index contributed by atoms with van der Waals surface area (Å²) in [7, 11) is 2.01. The van der Waals surface area contributed by atoms with E-state index in [2.05, 4.69) is 30.5 Å². The molecule has 0 saturated carbocycles. The summed E-state index contributed by atoms with van der Waals surface area (Å²) in [6.45, 7) is 2.22. The van der Waals surface area contributed by atoms with Gasteiger partial charge in [-0.05, 0) is 19.9 Å². The maximum absolute atomic E-state index is 3.24. The molecule has 1 N–H and O–H groups in total. The average molecular weight is 151 g/mol. The first kappa shape index (κ1) is 8.54. The summed E-state index contributed by atoms with van der Waals surface area (Å²) in [5, 5.41) is 3.24. The highest BCUT2D eigenvalue weighted by molar-refractivity contribution is 5.24. The van der Waals surface area contributed by atoms with Crippen molar-refractivity contribution in [2.24, 2.45) is 0 Å². The maximum Gasteiger partial charge on any atom is 0.0285 e. The molecular formula is C10H17N. The molecule has 0 aromatic carbocycles. The summed E-state index contributed by atoms with van der Waals surface area (Å²) >= 11 is 0. The fourth-order valence-corrected chi connectivity index (χ4v) is 1.35. The lowest BCUT2D eigenvalue weighted by Crippen LogP contribution is -2.23. The molecule has 0 aromatic rings. The zero-order chi connectivity index (χ0) is 8.10. The van der Waals surface area contributed by atoms with Crippen molar-refractivity contribution in [2.45, 2.75) is 32.2 Å². The van der Waals surface area contributed by atoms with E-state index in [1.54, 1.807) is 0 Å². The zero-order valence-corrected chi connectivity index (χ0v) is 7.43. The maximum atomic E-state index is 3.24. The number of hydrogen-bond acceptors (Lipinski definition) is 1. The Balaban J connectivity index is 2.39. The third-order valence-corrected chi connectivity index (χ3v) is 2.09. The number of nitrogens with one attached hydrogen (secondary N) is 1. The van der Waals surface area contributed by atoms with Gasteiger partial charge in [-0.3, -0.25) is 0 Å². The van der Waals surface area contributed by atoms with Crippen LogP contribution in [-0.2, 0) is 0 Å². The molecule has 0 fully saturated rings. The Bertz CT molecular complexity index is 168. The standard InChI is InChI=1S/C10H17N/c1-3-4-9-5-7-10(11-2)8-6-9/h5-7,10-11H,3-4,8H2,1-2H3/t10-/m0/s1. The van der Waals surface area contributed by atoms with Gasteiger partial charge in [-0.1, -0.05) is 37.1 Å². The van der Waals surface area contributed by atoms with Gasteiger partial charge in [-0.15, -0.1) is 0 Å². The summed E-state index contributed by atoms with van der Waals surface area (Å²) in [5.74, 6) is 0. The van der Waals surface area contributed by atoms with Crippen molar-refractivity contribution in [2.75, 3.05) is 7.05 Å². The van der Waals surface area contributed by atoms with Crippen molar-refractivity contribution in [3.63, 3.8) is 0 Å². The van der Waals surface area contributed by atoms with Crippen LogP contribution >= 0.6 is 0 Å². The highest BCUT2D eigenvalue weighted by Crippen LogP contribution is 2.14. The lowest BCUT2D eigenvalue weighted by molar-refractivity contribution is 0.665. The van der Waals surface area contributed by atoms with Crippen LogP contribution in [0, 0.1) is 0 Å². The van der Waals surface area contributed by atoms with Crippen LogP contribution in [0.2, 0.25) is 0 Å².